The Labute approximate surface area is 83.1 Å². The van der Waals surface area contributed by atoms with Gasteiger partial charge in [0.25, 0.3) is 0 Å². The lowest BCUT2D eigenvalue weighted by Crippen LogP contribution is -1.96. The third-order valence-corrected chi connectivity index (χ3v) is 1.72. The van der Waals surface area contributed by atoms with Crippen LogP contribution in [0.4, 0.5) is 5.69 Å². The second kappa shape index (κ2) is 4.99. The molecule has 0 radical (unpaired) electrons. The van der Waals surface area contributed by atoms with Crippen molar-refractivity contribution in [1.82, 2.24) is 4.98 Å². The molecule has 0 saturated carbocycles. The summed E-state index contributed by atoms with van der Waals surface area (Å²) in [6.07, 6.45) is 6.73. The van der Waals surface area contributed by atoms with Crippen molar-refractivity contribution in [2.24, 2.45) is 0 Å². The highest BCUT2D eigenvalue weighted by molar-refractivity contribution is 5.79. The van der Waals surface area contributed by atoms with Gasteiger partial charge in [0, 0.05) is 11.8 Å². The van der Waals surface area contributed by atoms with E-state index in [9.17, 15) is 0 Å². The van der Waals surface area contributed by atoms with Gasteiger partial charge in [-0.05, 0) is 12.1 Å². The molecule has 1 rings (SSSR count). The van der Waals surface area contributed by atoms with E-state index < -0.39 is 0 Å². The Balaban J connectivity index is 3.21. The van der Waals surface area contributed by atoms with Crippen molar-refractivity contribution in [2.75, 3.05) is 5.48 Å². The molecule has 3 heteroatoms. The highest BCUT2D eigenvalue weighted by Gasteiger charge is 2.04. The van der Waals surface area contributed by atoms with Gasteiger partial charge in [0.15, 0.2) is 0 Å². The second-order valence-corrected chi connectivity index (χ2v) is 2.57. The predicted octanol–water partition coefficient (Wildman–Crippen LogP) is 2.64. The number of hydrogen-bond acceptors (Lipinski definition) is 3. The van der Waals surface area contributed by atoms with Gasteiger partial charge >= 0.3 is 0 Å². The lowest BCUT2D eigenvalue weighted by molar-refractivity contribution is 0.388. The molecule has 2 N–H and O–H groups in total. The zero-order valence-electron chi connectivity index (χ0n) is 7.77. The molecular formula is C11H12N2O. The Morgan fingerprint density at radius 2 is 2.29 bits per heavy atom. The van der Waals surface area contributed by atoms with Crippen LogP contribution in [0, 0.1) is 0 Å². The molecule has 14 heavy (non-hydrogen) atoms. The van der Waals surface area contributed by atoms with E-state index in [4.69, 9.17) is 5.21 Å². The molecule has 1 aromatic rings. The van der Waals surface area contributed by atoms with Crippen molar-refractivity contribution < 1.29 is 5.21 Å². The summed E-state index contributed by atoms with van der Waals surface area (Å²) >= 11 is 0. The molecule has 0 fully saturated rings. The van der Waals surface area contributed by atoms with Crippen molar-refractivity contribution in [3.63, 3.8) is 0 Å². The quantitative estimate of drug-likeness (QED) is 0.564. The van der Waals surface area contributed by atoms with Gasteiger partial charge < -0.3 is 0 Å². The smallest absolute Gasteiger partial charge is 0.0955 e. The van der Waals surface area contributed by atoms with Gasteiger partial charge in [-0.3, -0.25) is 15.7 Å². The van der Waals surface area contributed by atoms with E-state index in [0.29, 0.717) is 11.4 Å². The maximum atomic E-state index is 8.85. The average molecular weight is 188 g/mol. The maximum absolute atomic E-state index is 8.85. The lowest BCUT2D eigenvalue weighted by atomic mass is 10.1. The molecule has 0 amide bonds. The van der Waals surface area contributed by atoms with Crippen LogP contribution in [0.25, 0.3) is 5.57 Å². The van der Waals surface area contributed by atoms with Gasteiger partial charge in [0.2, 0.25) is 0 Å². The Kier molecular flexibility index (Phi) is 3.64. The molecule has 0 unspecified atom stereocenters. The third-order valence-electron chi connectivity index (χ3n) is 1.72. The molecule has 0 spiro atoms. The Morgan fingerprint density at radius 1 is 1.50 bits per heavy atom. The first-order chi connectivity index (χ1) is 6.83. The average Bonchev–Trinajstić information content (AvgIpc) is 2.26. The van der Waals surface area contributed by atoms with E-state index >= 15 is 0 Å². The fourth-order valence-electron chi connectivity index (χ4n) is 1.10. The van der Waals surface area contributed by atoms with E-state index in [-0.39, 0.29) is 0 Å². The van der Waals surface area contributed by atoms with E-state index in [1.807, 2.05) is 0 Å². The van der Waals surface area contributed by atoms with Crippen molar-refractivity contribution in [3.8, 4) is 0 Å². The molecule has 72 valence electrons. The zero-order chi connectivity index (χ0) is 10.4. The second-order valence-electron chi connectivity index (χ2n) is 2.57. The van der Waals surface area contributed by atoms with Crippen LogP contribution in [0.1, 0.15) is 5.69 Å². The summed E-state index contributed by atoms with van der Waals surface area (Å²) in [5.41, 5.74) is 4.07. The molecule has 0 bridgehead atoms. The van der Waals surface area contributed by atoms with Crippen LogP contribution in [0.2, 0.25) is 0 Å². The minimum atomic E-state index is 0.542. The summed E-state index contributed by atoms with van der Waals surface area (Å²) in [4.78, 5) is 4.13. The first-order valence-electron chi connectivity index (χ1n) is 4.14. The number of pyridine rings is 1. The fourth-order valence-corrected chi connectivity index (χ4v) is 1.10. The van der Waals surface area contributed by atoms with Crippen LogP contribution in [-0.2, 0) is 0 Å². The van der Waals surface area contributed by atoms with Crippen LogP contribution in [0.3, 0.4) is 0 Å². The van der Waals surface area contributed by atoms with Crippen LogP contribution in [-0.4, -0.2) is 10.2 Å². The number of aromatic nitrogens is 1. The number of hydrogen-bond donors (Lipinski definition) is 2. The van der Waals surface area contributed by atoms with Crippen LogP contribution < -0.4 is 5.48 Å². The summed E-state index contributed by atoms with van der Waals surface area (Å²) in [6.45, 7) is 7.26. The summed E-state index contributed by atoms with van der Waals surface area (Å²) in [5, 5.41) is 8.85. The fraction of sp³-hybridized carbons (Fsp3) is 0. The molecular weight excluding hydrogens is 176 g/mol. The summed E-state index contributed by atoms with van der Waals surface area (Å²) in [7, 11) is 0. The van der Waals surface area contributed by atoms with Crippen molar-refractivity contribution >= 4 is 11.3 Å². The van der Waals surface area contributed by atoms with E-state index in [0.717, 1.165) is 5.57 Å². The molecule has 0 aliphatic carbocycles. The highest BCUT2D eigenvalue weighted by Crippen LogP contribution is 2.21. The summed E-state index contributed by atoms with van der Waals surface area (Å²) in [5.74, 6) is 0. The topological polar surface area (TPSA) is 45.2 Å². The molecule has 0 aliphatic heterocycles. The van der Waals surface area contributed by atoms with Crippen LogP contribution >= 0.6 is 0 Å². The van der Waals surface area contributed by atoms with Crippen LogP contribution in [0.15, 0.2) is 49.7 Å². The van der Waals surface area contributed by atoms with E-state index in [1.165, 1.54) is 0 Å². The Morgan fingerprint density at radius 3 is 2.86 bits per heavy atom. The van der Waals surface area contributed by atoms with E-state index in [1.54, 1.807) is 36.6 Å². The standard InChI is InChI=1S/C11H12N2O/c1-3-6-9(4-2)11-10(13-14)7-5-8-12-11/h3-8,13-14H,1-2H2/b9-6+. The minimum Gasteiger partial charge on any atom is -0.291 e. The normalized spacial score (nSPS) is 10.8. The maximum Gasteiger partial charge on any atom is 0.0955 e. The molecule has 0 aliphatic rings. The Hall–Kier alpha value is -1.87. The van der Waals surface area contributed by atoms with Gasteiger partial charge in [-0.2, -0.15) is 0 Å². The molecule has 3 nitrogen and oxygen atoms in total. The van der Waals surface area contributed by atoms with Gasteiger partial charge in [0.05, 0.1) is 11.4 Å². The van der Waals surface area contributed by atoms with Crippen molar-refractivity contribution in [2.45, 2.75) is 0 Å². The largest absolute Gasteiger partial charge is 0.291 e. The molecule has 0 saturated heterocycles. The molecule has 1 aromatic heterocycles. The van der Waals surface area contributed by atoms with Crippen molar-refractivity contribution in [1.29, 1.82) is 0 Å². The molecule has 0 atom stereocenters. The predicted molar refractivity (Wildman–Crippen MR) is 58.0 cm³/mol. The number of nitrogens with zero attached hydrogens (tertiary/aromatic N) is 1. The third kappa shape index (κ3) is 2.08. The summed E-state index contributed by atoms with van der Waals surface area (Å²) < 4.78 is 0. The lowest BCUT2D eigenvalue weighted by Gasteiger charge is -2.06. The zero-order valence-corrected chi connectivity index (χ0v) is 7.77. The Bertz CT molecular complexity index is 369. The van der Waals surface area contributed by atoms with Gasteiger partial charge in [-0.25, -0.2) is 0 Å². The SMILES string of the molecule is C=C/C=C(\C=C)c1ncccc1NO. The summed E-state index contributed by atoms with van der Waals surface area (Å²) in [6, 6.07) is 3.46. The van der Waals surface area contributed by atoms with Gasteiger partial charge in [-0.1, -0.05) is 31.4 Å². The van der Waals surface area contributed by atoms with Gasteiger partial charge in [-0.15, -0.1) is 0 Å². The first kappa shape index (κ1) is 10.2. The first-order valence-corrected chi connectivity index (χ1v) is 4.14. The number of rotatable bonds is 4. The number of anilines is 1. The number of allylic oxidation sites excluding steroid dienone is 4. The van der Waals surface area contributed by atoms with Crippen molar-refractivity contribution in [3.05, 3.63) is 55.4 Å². The monoisotopic (exact) mass is 188 g/mol. The molecule has 0 aromatic carbocycles. The van der Waals surface area contributed by atoms with Gasteiger partial charge in [0.1, 0.15) is 0 Å². The minimum absolute atomic E-state index is 0.542. The van der Waals surface area contributed by atoms with Crippen LogP contribution in [0.5, 0.6) is 0 Å². The molecule has 1 heterocycles. The number of nitrogens with one attached hydrogen (secondary N) is 1. The highest BCUT2D eigenvalue weighted by atomic mass is 16.5. The van der Waals surface area contributed by atoms with E-state index in [2.05, 4.69) is 23.6 Å².